The van der Waals surface area contributed by atoms with Gasteiger partial charge in [0.15, 0.2) is 6.29 Å². The first kappa shape index (κ1) is 50.4. The quantitative estimate of drug-likeness (QED) is 0.0274. The number of nitrogens with one attached hydrogen (secondary N) is 1. The van der Waals surface area contributed by atoms with Crippen molar-refractivity contribution < 1.29 is 39.8 Å². The minimum atomic E-state index is -1.55. The fourth-order valence-electron chi connectivity index (χ4n) is 6.87. The Morgan fingerprint density at radius 2 is 1.09 bits per heavy atom. The highest BCUT2D eigenvalue weighted by atomic mass is 16.7. The van der Waals surface area contributed by atoms with E-state index in [1.54, 1.807) is 0 Å². The van der Waals surface area contributed by atoms with Gasteiger partial charge in [-0.3, -0.25) is 4.79 Å². The van der Waals surface area contributed by atoms with Crippen LogP contribution < -0.4 is 5.32 Å². The van der Waals surface area contributed by atoms with Crippen molar-refractivity contribution in [3.63, 3.8) is 0 Å². The zero-order valence-electron chi connectivity index (χ0n) is 34.5. The number of aliphatic hydroxyl groups is 5. The van der Waals surface area contributed by atoms with Gasteiger partial charge in [-0.05, 0) is 51.4 Å². The van der Waals surface area contributed by atoms with Crippen LogP contribution >= 0.6 is 0 Å². The highest BCUT2D eigenvalue weighted by molar-refractivity contribution is 5.76. The molecule has 9 heteroatoms. The smallest absolute Gasteiger partial charge is 0.220 e. The van der Waals surface area contributed by atoms with Crippen molar-refractivity contribution in [2.24, 2.45) is 0 Å². The largest absolute Gasteiger partial charge is 0.394 e. The summed E-state index contributed by atoms with van der Waals surface area (Å²) < 4.78 is 11.2. The lowest BCUT2D eigenvalue weighted by Crippen LogP contribution is -2.60. The molecule has 1 aliphatic rings. The minimum absolute atomic E-state index is 0.144. The van der Waals surface area contributed by atoms with Gasteiger partial charge in [-0.2, -0.15) is 0 Å². The number of hydrogen-bond acceptors (Lipinski definition) is 8. The average molecular weight is 766 g/mol. The lowest BCUT2D eigenvalue weighted by Gasteiger charge is -2.40. The van der Waals surface area contributed by atoms with Crippen molar-refractivity contribution in [3.05, 3.63) is 36.5 Å². The topological polar surface area (TPSA) is 149 Å². The molecule has 1 aliphatic heterocycles. The molecule has 1 saturated heterocycles. The molecule has 0 radical (unpaired) electrons. The van der Waals surface area contributed by atoms with Crippen LogP contribution in [0.3, 0.4) is 0 Å². The van der Waals surface area contributed by atoms with Crippen LogP contribution in [-0.4, -0.2) is 87.5 Å². The number of aliphatic hydroxyl groups excluding tert-OH is 5. The first-order chi connectivity index (χ1) is 26.3. The van der Waals surface area contributed by atoms with E-state index in [9.17, 15) is 30.3 Å². The van der Waals surface area contributed by atoms with E-state index in [0.717, 1.165) is 64.2 Å². The van der Waals surface area contributed by atoms with Gasteiger partial charge >= 0.3 is 0 Å². The minimum Gasteiger partial charge on any atom is -0.394 e. The molecule has 0 aromatic rings. The van der Waals surface area contributed by atoms with Crippen molar-refractivity contribution in [1.29, 1.82) is 0 Å². The molecule has 1 fully saturated rings. The number of carbonyl (C=O) groups excluding carboxylic acids is 1. The fraction of sp³-hybridized carbons (Fsp3) is 0.844. The molecule has 1 heterocycles. The molecular weight excluding hydrogens is 682 g/mol. The molecule has 0 aromatic carbocycles. The summed E-state index contributed by atoms with van der Waals surface area (Å²) in [4.78, 5) is 12.9. The maximum atomic E-state index is 12.9. The number of carbonyl (C=O) groups is 1. The predicted molar refractivity (Wildman–Crippen MR) is 221 cm³/mol. The van der Waals surface area contributed by atoms with Crippen molar-refractivity contribution in [3.8, 4) is 0 Å². The van der Waals surface area contributed by atoms with Crippen molar-refractivity contribution >= 4 is 5.91 Å². The third-order valence-corrected chi connectivity index (χ3v) is 10.5. The second kappa shape index (κ2) is 35.8. The molecule has 7 atom stereocenters. The molecule has 0 spiro atoms. The molecule has 0 aliphatic carbocycles. The van der Waals surface area contributed by atoms with E-state index in [-0.39, 0.29) is 12.5 Å². The summed E-state index contributed by atoms with van der Waals surface area (Å²) in [6.45, 7) is 3.78. The summed E-state index contributed by atoms with van der Waals surface area (Å²) in [5.74, 6) is -0.159. The van der Waals surface area contributed by atoms with E-state index in [1.807, 2.05) is 0 Å². The van der Waals surface area contributed by atoms with Crippen LogP contribution in [0.15, 0.2) is 36.5 Å². The van der Waals surface area contributed by atoms with Crippen LogP contribution in [-0.2, 0) is 14.3 Å². The van der Waals surface area contributed by atoms with Gasteiger partial charge in [-0.25, -0.2) is 0 Å². The number of rotatable bonds is 36. The Hall–Kier alpha value is -1.59. The Labute approximate surface area is 330 Å². The van der Waals surface area contributed by atoms with E-state index in [1.165, 1.54) is 96.3 Å². The average Bonchev–Trinajstić information content (AvgIpc) is 3.17. The molecule has 7 unspecified atom stereocenters. The summed E-state index contributed by atoms with van der Waals surface area (Å²) >= 11 is 0. The third-order valence-electron chi connectivity index (χ3n) is 10.5. The van der Waals surface area contributed by atoms with Gasteiger partial charge in [-0.15, -0.1) is 0 Å². The molecular formula is C45H83NO8. The number of unbranched alkanes of at least 4 members (excludes halogenated alkanes) is 20. The Morgan fingerprint density at radius 3 is 1.65 bits per heavy atom. The number of allylic oxidation sites excluding steroid dienone is 6. The molecule has 54 heavy (non-hydrogen) atoms. The predicted octanol–water partition coefficient (Wildman–Crippen LogP) is 8.89. The van der Waals surface area contributed by atoms with E-state index in [0.29, 0.717) is 12.8 Å². The zero-order valence-corrected chi connectivity index (χ0v) is 34.5. The Bertz CT molecular complexity index is 941. The van der Waals surface area contributed by atoms with Crippen LogP contribution in [0.2, 0.25) is 0 Å². The van der Waals surface area contributed by atoms with Gasteiger partial charge in [0.2, 0.25) is 5.91 Å². The van der Waals surface area contributed by atoms with Crippen molar-refractivity contribution in [2.45, 2.75) is 230 Å². The van der Waals surface area contributed by atoms with E-state index in [4.69, 9.17) is 9.47 Å². The van der Waals surface area contributed by atoms with Gasteiger partial charge in [0, 0.05) is 6.42 Å². The van der Waals surface area contributed by atoms with Crippen LogP contribution in [0, 0.1) is 0 Å². The van der Waals surface area contributed by atoms with E-state index < -0.39 is 49.5 Å². The highest BCUT2D eigenvalue weighted by Gasteiger charge is 2.44. The summed E-state index contributed by atoms with van der Waals surface area (Å²) in [5, 5.41) is 54.2. The molecule has 9 nitrogen and oxygen atoms in total. The van der Waals surface area contributed by atoms with Crippen molar-refractivity contribution in [1.82, 2.24) is 5.32 Å². The van der Waals surface area contributed by atoms with E-state index in [2.05, 4.69) is 55.6 Å². The first-order valence-electron chi connectivity index (χ1n) is 22.2. The second-order valence-corrected chi connectivity index (χ2v) is 15.5. The lowest BCUT2D eigenvalue weighted by atomic mass is 9.99. The van der Waals surface area contributed by atoms with Crippen LogP contribution in [0.1, 0.15) is 187 Å². The lowest BCUT2D eigenvalue weighted by molar-refractivity contribution is -0.302. The summed E-state index contributed by atoms with van der Waals surface area (Å²) in [7, 11) is 0. The van der Waals surface area contributed by atoms with Gasteiger partial charge in [0.1, 0.15) is 24.4 Å². The second-order valence-electron chi connectivity index (χ2n) is 15.5. The fourth-order valence-corrected chi connectivity index (χ4v) is 6.87. The van der Waals surface area contributed by atoms with E-state index >= 15 is 0 Å². The monoisotopic (exact) mass is 766 g/mol. The Kier molecular flexibility index (Phi) is 33.4. The normalized spacial score (nSPS) is 21.8. The summed E-state index contributed by atoms with van der Waals surface area (Å²) in [5.41, 5.74) is 0. The zero-order chi connectivity index (χ0) is 39.5. The molecule has 0 bridgehead atoms. The molecule has 1 amide bonds. The Balaban J connectivity index is 2.35. The standard InChI is InChI=1S/C45H83NO8/c1-3-5-7-9-11-13-15-17-18-19-20-21-22-23-25-27-29-31-33-35-41(49)46-38(37-53-45-44(52)43(51)42(50)40(36-47)54-45)39(48)34-32-30-28-26-24-16-14-12-10-8-6-4-2/h11,13,17-18,20-21,38-40,42-45,47-48,50-52H,3-10,12,14-16,19,22-37H2,1-2H3,(H,46,49)/b13-11-,18-17-,21-20-. The molecule has 1 rings (SSSR count). The van der Waals surface area contributed by atoms with Crippen LogP contribution in [0.4, 0.5) is 0 Å². The number of hydrogen-bond donors (Lipinski definition) is 6. The Morgan fingerprint density at radius 1 is 0.630 bits per heavy atom. The maximum absolute atomic E-state index is 12.9. The van der Waals surface area contributed by atoms with Crippen molar-refractivity contribution in [2.75, 3.05) is 13.2 Å². The van der Waals surface area contributed by atoms with Crippen LogP contribution in [0.25, 0.3) is 0 Å². The van der Waals surface area contributed by atoms with Gasteiger partial charge < -0.3 is 40.3 Å². The molecule has 316 valence electrons. The first-order valence-corrected chi connectivity index (χ1v) is 22.2. The van der Waals surface area contributed by atoms with Crippen LogP contribution in [0.5, 0.6) is 0 Å². The number of ether oxygens (including phenoxy) is 2. The van der Waals surface area contributed by atoms with Gasteiger partial charge in [0.05, 0.1) is 25.4 Å². The maximum Gasteiger partial charge on any atom is 0.220 e. The molecule has 0 saturated carbocycles. The van der Waals surface area contributed by atoms with Gasteiger partial charge in [0.25, 0.3) is 0 Å². The number of amides is 1. The summed E-state index contributed by atoms with van der Waals surface area (Å²) in [6.07, 6.45) is 35.7. The molecule has 6 N–H and O–H groups in total. The highest BCUT2D eigenvalue weighted by Crippen LogP contribution is 2.23. The third kappa shape index (κ3) is 26.3. The summed E-state index contributed by atoms with van der Waals surface area (Å²) in [6, 6.07) is -0.724. The van der Waals surface area contributed by atoms with Gasteiger partial charge in [-0.1, -0.05) is 166 Å². The SMILES string of the molecule is CCCCC/C=C\C/C=C\C/C=C\CCCCCCCCC(=O)NC(COC1OC(CO)C(O)C(O)C1O)C(O)CCCCCCCCCCCCCC. The molecule has 0 aromatic heterocycles.